The highest BCUT2D eigenvalue weighted by molar-refractivity contribution is 8.33. The summed E-state index contributed by atoms with van der Waals surface area (Å²) in [5, 5.41) is 10.4. The van der Waals surface area contributed by atoms with Gasteiger partial charge < -0.3 is 9.84 Å². The van der Waals surface area contributed by atoms with Crippen molar-refractivity contribution in [3.63, 3.8) is 0 Å². The smallest absolute Gasteiger partial charge is 0.160 e. The van der Waals surface area contributed by atoms with Gasteiger partial charge in [-0.1, -0.05) is 19.9 Å². The normalized spacial score (nSPS) is 14.2. The molecule has 1 aromatic carbocycles. The van der Waals surface area contributed by atoms with Crippen LogP contribution in [0.4, 0.5) is 0 Å². The SMILES string of the molecule is CCC(C)S(C)(C)CCCc1ccc(O)c(OC)c1. The van der Waals surface area contributed by atoms with Crippen LogP contribution in [0.3, 0.4) is 0 Å². The molecule has 0 saturated heterocycles. The molecule has 1 unspecified atom stereocenters. The molecule has 1 rings (SSSR count). The Kier molecular flexibility index (Phi) is 6.05. The van der Waals surface area contributed by atoms with Crippen LogP contribution < -0.4 is 4.74 Å². The van der Waals surface area contributed by atoms with Crippen molar-refractivity contribution in [2.24, 2.45) is 0 Å². The standard InChI is InChI=1S/C16H28O2S/c1-6-13(2)19(4,5)11-7-8-14-9-10-15(17)16(12-14)18-3/h9-10,12-13,17H,6-8,11H2,1-5H3. The largest absolute Gasteiger partial charge is 0.504 e. The number of phenols is 1. The molecule has 3 heteroatoms. The lowest BCUT2D eigenvalue weighted by Gasteiger charge is -2.37. The minimum absolute atomic E-state index is 0.219. The fraction of sp³-hybridized carbons (Fsp3) is 0.625. The second-order valence-electron chi connectivity index (χ2n) is 5.66. The number of benzene rings is 1. The predicted octanol–water partition coefficient (Wildman–Crippen LogP) is 4.20. The van der Waals surface area contributed by atoms with Crippen LogP contribution >= 0.6 is 10.0 Å². The van der Waals surface area contributed by atoms with Crippen LogP contribution in [0.25, 0.3) is 0 Å². The van der Waals surface area contributed by atoms with Crippen LogP contribution in [0, 0.1) is 0 Å². The van der Waals surface area contributed by atoms with Crippen molar-refractivity contribution in [3.8, 4) is 11.5 Å². The van der Waals surface area contributed by atoms with E-state index in [-0.39, 0.29) is 5.75 Å². The zero-order valence-electron chi connectivity index (χ0n) is 12.9. The van der Waals surface area contributed by atoms with Gasteiger partial charge in [-0.25, -0.2) is 10.0 Å². The summed E-state index contributed by atoms with van der Waals surface area (Å²) in [6.45, 7) is 4.66. The molecule has 0 radical (unpaired) electrons. The molecule has 110 valence electrons. The molecule has 2 nitrogen and oxygen atoms in total. The molecule has 0 aliphatic heterocycles. The summed E-state index contributed by atoms with van der Waals surface area (Å²) in [6.07, 6.45) is 8.43. The maximum Gasteiger partial charge on any atom is 0.160 e. The van der Waals surface area contributed by atoms with Gasteiger partial charge in [-0.3, -0.25) is 0 Å². The third kappa shape index (κ3) is 4.64. The van der Waals surface area contributed by atoms with Crippen molar-refractivity contribution in [2.45, 2.75) is 38.4 Å². The molecule has 19 heavy (non-hydrogen) atoms. The number of ether oxygens (including phenoxy) is 1. The second kappa shape index (κ2) is 7.09. The lowest BCUT2D eigenvalue weighted by atomic mass is 10.1. The number of hydrogen-bond acceptors (Lipinski definition) is 2. The highest BCUT2D eigenvalue weighted by atomic mass is 32.3. The first-order chi connectivity index (χ1) is 8.90. The van der Waals surface area contributed by atoms with E-state index in [1.165, 1.54) is 24.2 Å². The van der Waals surface area contributed by atoms with Gasteiger partial charge in [0.1, 0.15) is 0 Å². The Morgan fingerprint density at radius 1 is 1.32 bits per heavy atom. The zero-order valence-corrected chi connectivity index (χ0v) is 13.7. The Morgan fingerprint density at radius 2 is 2.00 bits per heavy atom. The summed E-state index contributed by atoms with van der Waals surface area (Å²) in [5.41, 5.74) is 1.24. The van der Waals surface area contributed by atoms with Gasteiger partial charge in [0.2, 0.25) is 0 Å². The minimum Gasteiger partial charge on any atom is -0.504 e. The van der Waals surface area contributed by atoms with Crippen LogP contribution in [0.5, 0.6) is 11.5 Å². The molecule has 1 N–H and O–H groups in total. The van der Waals surface area contributed by atoms with Crippen molar-refractivity contribution >= 4 is 10.0 Å². The van der Waals surface area contributed by atoms with E-state index < -0.39 is 10.0 Å². The van der Waals surface area contributed by atoms with Gasteiger partial charge in [0.25, 0.3) is 0 Å². The Hall–Kier alpha value is -0.830. The van der Waals surface area contributed by atoms with Gasteiger partial charge in [0, 0.05) is 0 Å². The van der Waals surface area contributed by atoms with E-state index in [0.29, 0.717) is 5.75 Å². The van der Waals surface area contributed by atoms with Gasteiger partial charge in [0.15, 0.2) is 11.5 Å². The molecule has 0 aliphatic rings. The molecule has 1 atom stereocenters. The lowest BCUT2D eigenvalue weighted by molar-refractivity contribution is 0.373. The molecular weight excluding hydrogens is 256 g/mol. The average molecular weight is 284 g/mol. The second-order valence-corrected chi connectivity index (χ2v) is 10.1. The number of aryl methyl sites for hydroxylation is 1. The maximum atomic E-state index is 9.57. The highest BCUT2D eigenvalue weighted by Gasteiger charge is 2.18. The number of methoxy groups -OCH3 is 1. The fourth-order valence-electron chi connectivity index (χ4n) is 2.18. The Labute approximate surface area is 119 Å². The van der Waals surface area contributed by atoms with Crippen molar-refractivity contribution < 1.29 is 9.84 Å². The van der Waals surface area contributed by atoms with Crippen LogP contribution in [-0.2, 0) is 6.42 Å². The molecule has 0 aromatic heterocycles. The van der Waals surface area contributed by atoms with Gasteiger partial charge >= 0.3 is 0 Å². The van der Waals surface area contributed by atoms with Gasteiger partial charge in [-0.2, -0.15) is 0 Å². The molecule has 0 amide bonds. The predicted molar refractivity (Wildman–Crippen MR) is 87.0 cm³/mol. The van der Waals surface area contributed by atoms with E-state index >= 15 is 0 Å². The van der Waals surface area contributed by atoms with Gasteiger partial charge in [-0.15, -0.1) is 0 Å². The van der Waals surface area contributed by atoms with E-state index in [1.807, 2.05) is 12.1 Å². The molecule has 0 aliphatic carbocycles. The van der Waals surface area contributed by atoms with Crippen LogP contribution in [0.15, 0.2) is 18.2 Å². The van der Waals surface area contributed by atoms with E-state index in [2.05, 4.69) is 26.4 Å². The van der Waals surface area contributed by atoms with Gasteiger partial charge in [-0.05, 0) is 60.5 Å². The summed E-state index contributed by atoms with van der Waals surface area (Å²) in [5.74, 6) is 2.11. The Bertz CT molecular complexity index is 402. The van der Waals surface area contributed by atoms with E-state index in [4.69, 9.17) is 4.74 Å². The molecular formula is C16H28O2S. The van der Waals surface area contributed by atoms with Crippen molar-refractivity contribution in [2.75, 3.05) is 25.4 Å². The van der Waals surface area contributed by atoms with Crippen LogP contribution in [0.1, 0.15) is 32.3 Å². The first-order valence-corrected chi connectivity index (χ1v) is 9.64. The number of phenolic OH excluding ortho intramolecular Hbond substituents is 1. The monoisotopic (exact) mass is 284 g/mol. The average Bonchev–Trinajstić information content (AvgIpc) is 2.39. The highest BCUT2D eigenvalue weighted by Crippen LogP contribution is 2.47. The number of rotatable bonds is 7. The minimum atomic E-state index is -0.485. The molecule has 0 spiro atoms. The Morgan fingerprint density at radius 3 is 2.58 bits per heavy atom. The summed E-state index contributed by atoms with van der Waals surface area (Å²) in [6, 6.07) is 5.66. The van der Waals surface area contributed by atoms with Crippen molar-refractivity contribution in [1.29, 1.82) is 0 Å². The number of aromatic hydroxyl groups is 1. The van der Waals surface area contributed by atoms with Crippen LogP contribution in [0.2, 0.25) is 0 Å². The summed E-state index contributed by atoms with van der Waals surface area (Å²) in [4.78, 5) is 0. The maximum absolute atomic E-state index is 9.57. The Balaban J connectivity index is 2.54. The van der Waals surface area contributed by atoms with Gasteiger partial charge in [0.05, 0.1) is 7.11 Å². The number of hydrogen-bond donors (Lipinski definition) is 1. The molecule has 1 aromatic rings. The zero-order chi connectivity index (χ0) is 14.5. The van der Waals surface area contributed by atoms with E-state index in [1.54, 1.807) is 13.2 Å². The van der Waals surface area contributed by atoms with Crippen LogP contribution in [-0.4, -0.2) is 35.7 Å². The van der Waals surface area contributed by atoms with E-state index in [9.17, 15) is 5.11 Å². The molecule has 0 saturated carbocycles. The summed E-state index contributed by atoms with van der Waals surface area (Å²) < 4.78 is 5.14. The summed E-state index contributed by atoms with van der Waals surface area (Å²) >= 11 is 0. The third-order valence-corrected chi connectivity index (χ3v) is 7.90. The molecule has 0 fully saturated rings. The van der Waals surface area contributed by atoms with Crippen molar-refractivity contribution in [1.82, 2.24) is 0 Å². The van der Waals surface area contributed by atoms with Crippen molar-refractivity contribution in [3.05, 3.63) is 23.8 Å². The fourth-order valence-corrected chi connectivity index (χ4v) is 4.37. The quantitative estimate of drug-likeness (QED) is 0.813. The molecule has 0 heterocycles. The topological polar surface area (TPSA) is 29.5 Å². The first-order valence-electron chi connectivity index (χ1n) is 6.96. The summed E-state index contributed by atoms with van der Waals surface area (Å²) in [7, 11) is 1.11. The third-order valence-electron chi connectivity index (χ3n) is 4.04. The lowest BCUT2D eigenvalue weighted by Crippen LogP contribution is -2.15. The van der Waals surface area contributed by atoms with E-state index in [0.717, 1.165) is 11.7 Å². The first kappa shape index (κ1) is 16.2. The molecule has 0 bridgehead atoms.